The van der Waals surface area contributed by atoms with Crippen LogP contribution in [0.2, 0.25) is 0 Å². The number of nitrogens with zero attached hydrogens (tertiary/aromatic N) is 2. The highest BCUT2D eigenvalue weighted by Crippen LogP contribution is 2.26. The molecule has 1 amide bonds. The van der Waals surface area contributed by atoms with Gasteiger partial charge in [-0.15, -0.1) is 12.4 Å². The SMILES string of the molecule is Cc1cccc(-n2nc(C(C)(C)C)cc2NC(=O)[C@H](C)N)c1.Cl. The van der Waals surface area contributed by atoms with Gasteiger partial charge < -0.3 is 11.1 Å². The second kappa shape index (κ2) is 7.15. The lowest BCUT2D eigenvalue weighted by atomic mass is 9.92. The summed E-state index contributed by atoms with van der Waals surface area (Å²) in [5, 5.41) is 7.52. The number of rotatable bonds is 3. The summed E-state index contributed by atoms with van der Waals surface area (Å²) < 4.78 is 1.76. The van der Waals surface area contributed by atoms with Crippen LogP contribution >= 0.6 is 12.4 Å². The number of hydrogen-bond acceptors (Lipinski definition) is 3. The fraction of sp³-hybridized carbons (Fsp3) is 0.412. The standard InChI is InChI=1S/C17H24N4O.ClH/c1-11-7-6-8-13(9-11)21-15(19-16(22)12(2)18)10-14(20-21)17(3,4)5;/h6-10,12H,18H2,1-5H3,(H,19,22);1H/t12-;/m0./s1. The van der Waals surface area contributed by atoms with Crippen molar-refractivity contribution in [1.82, 2.24) is 9.78 Å². The fourth-order valence-electron chi connectivity index (χ4n) is 2.03. The predicted molar refractivity (Wildman–Crippen MR) is 96.5 cm³/mol. The number of benzene rings is 1. The summed E-state index contributed by atoms with van der Waals surface area (Å²) in [6.45, 7) is 9.96. The van der Waals surface area contributed by atoms with Crippen molar-refractivity contribution in [2.75, 3.05) is 5.32 Å². The van der Waals surface area contributed by atoms with Crippen LogP contribution in [0, 0.1) is 6.92 Å². The van der Waals surface area contributed by atoms with Crippen LogP contribution in [0.5, 0.6) is 0 Å². The molecule has 1 atom stereocenters. The average Bonchev–Trinajstić information content (AvgIpc) is 2.82. The van der Waals surface area contributed by atoms with Gasteiger partial charge in [0.25, 0.3) is 0 Å². The number of anilines is 1. The molecule has 6 heteroatoms. The van der Waals surface area contributed by atoms with Gasteiger partial charge in [-0.05, 0) is 31.5 Å². The number of nitrogens with one attached hydrogen (secondary N) is 1. The monoisotopic (exact) mass is 336 g/mol. The molecule has 0 bridgehead atoms. The Morgan fingerprint density at radius 1 is 1.30 bits per heavy atom. The van der Waals surface area contributed by atoms with Crippen LogP contribution in [0.4, 0.5) is 5.82 Å². The Balaban J connectivity index is 0.00000264. The molecule has 0 saturated carbocycles. The van der Waals surface area contributed by atoms with Gasteiger partial charge in [-0.1, -0.05) is 32.9 Å². The minimum Gasteiger partial charge on any atom is -0.320 e. The van der Waals surface area contributed by atoms with Gasteiger partial charge in [0.05, 0.1) is 17.4 Å². The lowest BCUT2D eigenvalue weighted by molar-refractivity contribution is -0.117. The maximum atomic E-state index is 11.9. The normalized spacial score (nSPS) is 12.4. The van der Waals surface area contributed by atoms with Crippen molar-refractivity contribution in [3.05, 3.63) is 41.6 Å². The number of halogens is 1. The van der Waals surface area contributed by atoms with Crippen LogP contribution in [0.25, 0.3) is 5.69 Å². The fourth-order valence-corrected chi connectivity index (χ4v) is 2.03. The van der Waals surface area contributed by atoms with Gasteiger partial charge in [-0.3, -0.25) is 4.79 Å². The van der Waals surface area contributed by atoms with E-state index in [1.807, 2.05) is 37.3 Å². The third-order valence-electron chi connectivity index (χ3n) is 3.39. The van der Waals surface area contributed by atoms with E-state index >= 15 is 0 Å². The van der Waals surface area contributed by atoms with Crippen LogP contribution in [0.3, 0.4) is 0 Å². The van der Waals surface area contributed by atoms with E-state index in [1.54, 1.807) is 11.6 Å². The number of aromatic nitrogens is 2. The number of nitrogens with two attached hydrogens (primary N) is 1. The zero-order valence-corrected chi connectivity index (χ0v) is 15.1. The van der Waals surface area contributed by atoms with Crippen molar-refractivity contribution in [1.29, 1.82) is 0 Å². The smallest absolute Gasteiger partial charge is 0.242 e. The van der Waals surface area contributed by atoms with Crippen LogP contribution in [0.1, 0.15) is 39.0 Å². The van der Waals surface area contributed by atoms with Crippen LogP contribution in [-0.4, -0.2) is 21.7 Å². The van der Waals surface area contributed by atoms with Crippen molar-refractivity contribution >= 4 is 24.1 Å². The number of hydrogen-bond donors (Lipinski definition) is 2. The molecule has 0 radical (unpaired) electrons. The molecule has 2 rings (SSSR count). The van der Waals surface area contributed by atoms with E-state index in [1.165, 1.54) is 0 Å². The van der Waals surface area contributed by atoms with Crippen LogP contribution < -0.4 is 11.1 Å². The van der Waals surface area contributed by atoms with Crippen molar-refractivity contribution in [3.63, 3.8) is 0 Å². The maximum absolute atomic E-state index is 11.9. The maximum Gasteiger partial charge on any atom is 0.242 e. The zero-order chi connectivity index (χ0) is 16.5. The van der Waals surface area contributed by atoms with Crippen molar-refractivity contribution < 1.29 is 4.79 Å². The second-order valence-electron chi connectivity index (χ2n) is 6.69. The van der Waals surface area contributed by atoms with E-state index in [0.717, 1.165) is 16.9 Å². The Hall–Kier alpha value is -1.85. The van der Waals surface area contributed by atoms with Gasteiger partial charge in [0.15, 0.2) is 0 Å². The highest BCUT2D eigenvalue weighted by Gasteiger charge is 2.22. The summed E-state index contributed by atoms with van der Waals surface area (Å²) in [6.07, 6.45) is 0. The summed E-state index contributed by atoms with van der Waals surface area (Å²) in [5.41, 5.74) is 8.50. The third-order valence-corrected chi connectivity index (χ3v) is 3.39. The molecule has 1 aromatic carbocycles. The van der Waals surface area contributed by atoms with E-state index < -0.39 is 6.04 Å². The van der Waals surface area contributed by atoms with E-state index in [-0.39, 0.29) is 23.7 Å². The van der Waals surface area contributed by atoms with Gasteiger partial charge in [0, 0.05) is 11.5 Å². The van der Waals surface area contributed by atoms with Gasteiger partial charge in [0.1, 0.15) is 5.82 Å². The van der Waals surface area contributed by atoms with Crippen molar-refractivity contribution in [2.45, 2.75) is 46.1 Å². The molecule has 0 spiro atoms. The number of aryl methyl sites for hydroxylation is 1. The summed E-state index contributed by atoms with van der Waals surface area (Å²) in [4.78, 5) is 11.9. The molecule has 23 heavy (non-hydrogen) atoms. The van der Waals surface area contributed by atoms with Gasteiger partial charge in [0.2, 0.25) is 5.91 Å². The molecule has 2 aromatic rings. The Morgan fingerprint density at radius 3 is 2.48 bits per heavy atom. The Kier molecular flexibility index (Phi) is 5.97. The Labute approximate surface area is 143 Å². The molecule has 0 fully saturated rings. The van der Waals surface area contributed by atoms with Gasteiger partial charge >= 0.3 is 0 Å². The molecule has 0 saturated heterocycles. The first-order valence-corrected chi connectivity index (χ1v) is 7.42. The lowest BCUT2D eigenvalue weighted by Gasteiger charge is -2.14. The topological polar surface area (TPSA) is 72.9 Å². The summed E-state index contributed by atoms with van der Waals surface area (Å²) in [7, 11) is 0. The molecule has 126 valence electrons. The zero-order valence-electron chi connectivity index (χ0n) is 14.3. The molecular weight excluding hydrogens is 312 g/mol. The lowest BCUT2D eigenvalue weighted by Crippen LogP contribution is -2.33. The van der Waals surface area contributed by atoms with E-state index in [4.69, 9.17) is 5.73 Å². The van der Waals surface area contributed by atoms with E-state index in [0.29, 0.717) is 5.82 Å². The molecule has 0 unspecified atom stereocenters. The predicted octanol–water partition coefficient (Wildman–Crippen LogP) is 3.19. The van der Waals surface area contributed by atoms with E-state index in [2.05, 4.69) is 31.2 Å². The summed E-state index contributed by atoms with van der Waals surface area (Å²) >= 11 is 0. The minimum absolute atomic E-state index is 0. The molecule has 1 aromatic heterocycles. The molecular formula is C17H25ClN4O. The highest BCUT2D eigenvalue weighted by atomic mass is 35.5. The largest absolute Gasteiger partial charge is 0.320 e. The molecule has 1 heterocycles. The van der Waals surface area contributed by atoms with Gasteiger partial charge in [-0.25, -0.2) is 4.68 Å². The van der Waals surface area contributed by atoms with Crippen molar-refractivity contribution in [3.8, 4) is 5.69 Å². The quantitative estimate of drug-likeness (QED) is 0.904. The molecule has 0 aliphatic rings. The van der Waals surface area contributed by atoms with Gasteiger partial charge in [-0.2, -0.15) is 5.10 Å². The average molecular weight is 337 g/mol. The first-order chi connectivity index (χ1) is 10.2. The van der Waals surface area contributed by atoms with Crippen LogP contribution in [-0.2, 0) is 10.2 Å². The Morgan fingerprint density at radius 2 is 1.96 bits per heavy atom. The second-order valence-corrected chi connectivity index (χ2v) is 6.69. The van der Waals surface area contributed by atoms with Crippen LogP contribution in [0.15, 0.2) is 30.3 Å². The van der Waals surface area contributed by atoms with Crippen molar-refractivity contribution in [2.24, 2.45) is 5.73 Å². The Bertz CT molecular complexity index is 686. The summed E-state index contributed by atoms with van der Waals surface area (Å²) in [5.74, 6) is 0.409. The molecule has 3 N–H and O–H groups in total. The summed E-state index contributed by atoms with van der Waals surface area (Å²) in [6, 6.07) is 9.33. The molecule has 0 aliphatic heterocycles. The first kappa shape index (κ1) is 19.2. The molecule has 5 nitrogen and oxygen atoms in total. The third kappa shape index (κ3) is 4.56. The highest BCUT2D eigenvalue weighted by molar-refractivity contribution is 5.94. The minimum atomic E-state index is -0.570. The first-order valence-electron chi connectivity index (χ1n) is 7.42. The number of carbonyl (C=O) groups is 1. The number of amides is 1. The van der Waals surface area contributed by atoms with E-state index in [9.17, 15) is 4.79 Å². The molecule has 0 aliphatic carbocycles. The number of carbonyl (C=O) groups excluding carboxylic acids is 1.